The lowest BCUT2D eigenvalue weighted by atomic mass is 10.1. The topological polar surface area (TPSA) is 64.7 Å². The molecule has 21 heavy (non-hydrogen) atoms. The van der Waals surface area contributed by atoms with Gasteiger partial charge in [-0.3, -0.25) is 9.79 Å². The summed E-state index contributed by atoms with van der Waals surface area (Å²) in [5.41, 5.74) is 2.60. The molecule has 5 nitrogen and oxygen atoms in total. The Kier molecular flexibility index (Phi) is 4.05. The zero-order valence-corrected chi connectivity index (χ0v) is 13.6. The number of nitrogens with zero attached hydrogens (tertiary/aromatic N) is 2. The molecule has 0 bridgehead atoms. The number of ketones is 1. The molecular weight excluding hydrogens is 383 g/mol. The zero-order valence-electron chi connectivity index (χ0n) is 11.4. The van der Waals surface area contributed by atoms with Crippen molar-refractivity contribution in [2.24, 2.45) is 4.99 Å². The summed E-state index contributed by atoms with van der Waals surface area (Å²) >= 11 is 2.23. The first-order valence-corrected chi connectivity index (χ1v) is 7.60. The number of benzene rings is 1. The first-order valence-electron chi connectivity index (χ1n) is 6.52. The van der Waals surface area contributed by atoms with Crippen molar-refractivity contribution in [3.63, 3.8) is 0 Å². The van der Waals surface area contributed by atoms with Gasteiger partial charge in [-0.05, 0) is 35.1 Å². The average molecular weight is 396 g/mol. The number of hydrogen-bond acceptors (Lipinski definition) is 5. The average Bonchev–Trinajstić information content (AvgIpc) is 3.12. The number of carbonyl (C=O) groups excluding carboxylic acids is 1. The number of aliphatic imine (C=N–C) groups is 1. The number of hydrogen-bond donors (Lipinski definition) is 0. The van der Waals surface area contributed by atoms with Crippen molar-refractivity contribution in [2.75, 3.05) is 7.11 Å². The molecule has 0 spiro atoms. The molecule has 2 aromatic rings. The Balaban J connectivity index is 2.02. The molecule has 3 rings (SSSR count). The Hall–Kier alpha value is -1.70. The van der Waals surface area contributed by atoms with Crippen molar-refractivity contribution in [3.8, 4) is 17.1 Å². The maximum Gasteiger partial charge on any atom is 0.181 e. The van der Waals surface area contributed by atoms with Gasteiger partial charge in [0.25, 0.3) is 0 Å². The van der Waals surface area contributed by atoms with Gasteiger partial charge in [0.05, 0.1) is 24.6 Å². The highest BCUT2D eigenvalue weighted by atomic mass is 127. The lowest BCUT2D eigenvalue weighted by Gasteiger charge is -2.09. The van der Waals surface area contributed by atoms with E-state index in [1.54, 1.807) is 13.3 Å². The van der Waals surface area contributed by atoms with Crippen LogP contribution in [-0.2, 0) is 4.79 Å². The summed E-state index contributed by atoms with van der Waals surface area (Å²) < 4.78 is 11.7. The third kappa shape index (κ3) is 2.99. The lowest BCUT2D eigenvalue weighted by Crippen LogP contribution is -1.93. The molecule has 1 heterocycles. The van der Waals surface area contributed by atoms with Gasteiger partial charge in [-0.15, -0.1) is 0 Å². The van der Waals surface area contributed by atoms with Crippen molar-refractivity contribution in [1.29, 1.82) is 0 Å². The van der Waals surface area contributed by atoms with Gasteiger partial charge in [0.2, 0.25) is 0 Å². The number of rotatable bonds is 3. The highest BCUT2D eigenvalue weighted by Gasteiger charge is 2.18. The van der Waals surface area contributed by atoms with Crippen molar-refractivity contribution in [1.82, 2.24) is 4.98 Å². The molecule has 1 aliphatic carbocycles. The van der Waals surface area contributed by atoms with Crippen LogP contribution in [0.5, 0.6) is 5.75 Å². The van der Waals surface area contributed by atoms with E-state index < -0.39 is 0 Å². The van der Waals surface area contributed by atoms with E-state index in [0.29, 0.717) is 24.4 Å². The molecule has 0 aliphatic heterocycles. The molecule has 0 N–H and O–H groups in total. The fourth-order valence-corrected chi connectivity index (χ4v) is 2.88. The molecule has 0 unspecified atom stereocenters. The number of oxazole rings is 1. The molecule has 0 radical (unpaired) electrons. The van der Waals surface area contributed by atoms with Gasteiger partial charge >= 0.3 is 0 Å². The molecule has 0 saturated heterocycles. The number of methoxy groups -OCH3 is 1. The van der Waals surface area contributed by atoms with E-state index in [2.05, 4.69) is 32.6 Å². The summed E-state index contributed by atoms with van der Waals surface area (Å²) in [4.78, 5) is 19.9. The van der Waals surface area contributed by atoms with Crippen molar-refractivity contribution >= 4 is 39.8 Å². The van der Waals surface area contributed by atoms with E-state index in [1.165, 1.54) is 6.39 Å². The summed E-state index contributed by atoms with van der Waals surface area (Å²) in [7, 11) is 1.61. The van der Waals surface area contributed by atoms with Gasteiger partial charge < -0.3 is 9.15 Å². The van der Waals surface area contributed by atoms with Crippen LogP contribution in [0, 0.1) is 3.57 Å². The Bertz CT molecular complexity index is 708. The van der Waals surface area contributed by atoms with Crippen LogP contribution in [0.15, 0.2) is 34.1 Å². The van der Waals surface area contributed by atoms with E-state index in [-0.39, 0.29) is 5.78 Å². The summed E-state index contributed by atoms with van der Waals surface area (Å²) in [6.45, 7) is 0. The molecule has 0 amide bonds. The summed E-state index contributed by atoms with van der Waals surface area (Å²) in [5.74, 6) is 1.59. The SMILES string of the molecule is COc1cc(N=C2CCC(=O)C2)c(I)cc1-c1cnco1. The van der Waals surface area contributed by atoms with E-state index >= 15 is 0 Å². The second-order valence-corrected chi connectivity index (χ2v) is 5.93. The first kappa shape index (κ1) is 14.2. The van der Waals surface area contributed by atoms with Gasteiger partial charge in [0, 0.05) is 28.2 Å². The van der Waals surface area contributed by atoms with E-state index in [9.17, 15) is 4.79 Å². The van der Waals surface area contributed by atoms with Crippen LogP contribution in [0.4, 0.5) is 5.69 Å². The Morgan fingerprint density at radius 2 is 2.24 bits per heavy atom. The third-order valence-corrected chi connectivity index (χ3v) is 4.20. The minimum absolute atomic E-state index is 0.258. The van der Waals surface area contributed by atoms with Crippen LogP contribution in [0.1, 0.15) is 19.3 Å². The predicted octanol–water partition coefficient (Wildman–Crippen LogP) is 3.78. The van der Waals surface area contributed by atoms with Crippen LogP contribution in [-0.4, -0.2) is 23.6 Å². The van der Waals surface area contributed by atoms with Crippen LogP contribution < -0.4 is 4.74 Å². The third-order valence-electron chi connectivity index (χ3n) is 3.34. The minimum Gasteiger partial charge on any atom is -0.496 e. The number of aromatic nitrogens is 1. The highest BCUT2D eigenvalue weighted by molar-refractivity contribution is 14.1. The van der Waals surface area contributed by atoms with Crippen molar-refractivity contribution in [3.05, 3.63) is 28.3 Å². The van der Waals surface area contributed by atoms with E-state index in [0.717, 1.165) is 27.0 Å². The van der Waals surface area contributed by atoms with Gasteiger partial charge in [-0.25, -0.2) is 4.98 Å². The van der Waals surface area contributed by atoms with Crippen LogP contribution in [0.2, 0.25) is 0 Å². The molecule has 1 aromatic carbocycles. The normalized spacial score (nSPS) is 16.7. The standard InChI is InChI=1S/C15H13IN2O3/c1-20-14-6-13(18-9-2-3-10(19)4-9)12(16)5-11(14)15-7-17-8-21-15/h5-8H,2-4H2,1H3. The number of Topliss-reactive ketones (excluding diaryl/α,β-unsaturated/α-hetero) is 1. The fourth-order valence-electron chi connectivity index (χ4n) is 2.29. The first-order chi connectivity index (χ1) is 10.2. The maximum absolute atomic E-state index is 11.3. The lowest BCUT2D eigenvalue weighted by molar-refractivity contribution is -0.116. The van der Waals surface area contributed by atoms with E-state index in [4.69, 9.17) is 9.15 Å². The minimum atomic E-state index is 0.258. The molecule has 1 fully saturated rings. The predicted molar refractivity (Wildman–Crippen MR) is 87.2 cm³/mol. The summed E-state index contributed by atoms with van der Waals surface area (Å²) in [5, 5.41) is 0. The summed E-state index contributed by atoms with van der Waals surface area (Å²) in [6.07, 6.45) is 4.85. The quantitative estimate of drug-likeness (QED) is 0.741. The number of carbonyl (C=O) groups is 1. The Labute approximate surface area is 135 Å². The fraction of sp³-hybridized carbons (Fsp3) is 0.267. The molecule has 108 valence electrons. The number of halogens is 1. The zero-order chi connectivity index (χ0) is 14.8. The monoisotopic (exact) mass is 396 g/mol. The van der Waals surface area contributed by atoms with Crippen LogP contribution >= 0.6 is 22.6 Å². The second-order valence-electron chi connectivity index (χ2n) is 4.76. The van der Waals surface area contributed by atoms with Gasteiger partial charge in [-0.2, -0.15) is 0 Å². The van der Waals surface area contributed by atoms with Gasteiger partial charge in [-0.1, -0.05) is 0 Å². The number of ether oxygens (including phenoxy) is 1. The van der Waals surface area contributed by atoms with Crippen LogP contribution in [0.3, 0.4) is 0 Å². The van der Waals surface area contributed by atoms with Gasteiger partial charge in [0.15, 0.2) is 12.2 Å². The molecule has 1 saturated carbocycles. The maximum atomic E-state index is 11.3. The molecule has 6 heteroatoms. The van der Waals surface area contributed by atoms with Crippen LogP contribution in [0.25, 0.3) is 11.3 Å². The van der Waals surface area contributed by atoms with Crippen molar-refractivity contribution in [2.45, 2.75) is 19.3 Å². The van der Waals surface area contributed by atoms with Crippen molar-refractivity contribution < 1.29 is 13.9 Å². The van der Waals surface area contributed by atoms with E-state index in [1.807, 2.05) is 12.1 Å². The smallest absolute Gasteiger partial charge is 0.181 e. The molecular formula is C15H13IN2O3. The molecule has 1 aliphatic rings. The highest BCUT2D eigenvalue weighted by Crippen LogP contribution is 2.37. The summed E-state index contributed by atoms with van der Waals surface area (Å²) in [6, 6.07) is 3.82. The molecule has 0 atom stereocenters. The van der Waals surface area contributed by atoms with Gasteiger partial charge in [0.1, 0.15) is 11.5 Å². The molecule has 1 aromatic heterocycles. The Morgan fingerprint density at radius 3 is 2.86 bits per heavy atom. The second kappa shape index (κ2) is 5.97. The Morgan fingerprint density at radius 1 is 1.38 bits per heavy atom. The largest absolute Gasteiger partial charge is 0.496 e.